The van der Waals surface area contributed by atoms with Crippen molar-refractivity contribution in [2.45, 2.75) is 56.5 Å². The molecule has 7 heteroatoms. The molecule has 1 rings (SSSR count). The molecule has 2 N–H and O–H groups in total. The smallest absolute Gasteiger partial charge is 0.195 e. The van der Waals surface area contributed by atoms with Crippen LogP contribution >= 0.6 is 11.3 Å². The number of rotatable bonds is 4. The monoisotopic (exact) mass is 332 g/mol. The van der Waals surface area contributed by atoms with E-state index in [0.717, 1.165) is 0 Å². The van der Waals surface area contributed by atoms with Crippen molar-refractivity contribution in [3.8, 4) is 0 Å². The summed E-state index contributed by atoms with van der Waals surface area (Å²) < 4.78 is 17.7. The van der Waals surface area contributed by atoms with E-state index >= 15 is 0 Å². The molecule has 0 aliphatic carbocycles. The number of thiophene rings is 1. The van der Waals surface area contributed by atoms with Crippen LogP contribution in [0.5, 0.6) is 0 Å². The number of ketones is 1. The van der Waals surface area contributed by atoms with E-state index in [9.17, 15) is 9.00 Å². The fraction of sp³-hybridized carbons (Fsp3) is 0.615. The summed E-state index contributed by atoms with van der Waals surface area (Å²) in [6.07, 6.45) is 0.432. The first kappa shape index (κ1) is 17.5. The maximum Gasteiger partial charge on any atom is 0.195 e. The van der Waals surface area contributed by atoms with Crippen molar-refractivity contribution in [1.82, 2.24) is 0 Å². The summed E-state index contributed by atoms with van der Waals surface area (Å²) in [5.74, 6) is 0.0371. The molecule has 0 aromatic carbocycles. The summed E-state index contributed by atoms with van der Waals surface area (Å²) in [5, 5.41) is 7.67. The number of hydrogen-bond acceptors (Lipinski definition) is 4. The van der Waals surface area contributed by atoms with Gasteiger partial charge in [-0.2, -0.15) is 0 Å². The van der Waals surface area contributed by atoms with Gasteiger partial charge in [0.05, 0.1) is 0 Å². The van der Waals surface area contributed by atoms with Crippen LogP contribution in [0.25, 0.3) is 0 Å². The van der Waals surface area contributed by atoms with Crippen LogP contribution in [0, 0.1) is 0 Å². The molecule has 0 radical (unpaired) electrons. The molecule has 0 spiro atoms. The van der Waals surface area contributed by atoms with E-state index in [2.05, 4.69) is 37.9 Å². The Balaban J connectivity index is 3.27. The van der Waals surface area contributed by atoms with E-state index in [4.69, 9.17) is 5.14 Å². The van der Waals surface area contributed by atoms with Crippen molar-refractivity contribution in [3.63, 3.8) is 0 Å². The van der Waals surface area contributed by atoms with Crippen LogP contribution in [0.2, 0.25) is 18.1 Å². The molecule has 4 nitrogen and oxygen atoms in total. The average molecular weight is 333 g/mol. The second kappa shape index (κ2) is 5.71. The second-order valence-electron chi connectivity index (χ2n) is 6.40. The zero-order chi connectivity index (χ0) is 15.8. The molecule has 0 bridgehead atoms. The van der Waals surface area contributed by atoms with Crippen molar-refractivity contribution >= 4 is 35.3 Å². The number of hydrogen-bond donors (Lipinski definition) is 1. The van der Waals surface area contributed by atoms with Crippen LogP contribution in [0.1, 0.15) is 44.5 Å². The van der Waals surface area contributed by atoms with Crippen LogP contribution in [0.15, 0.2) is 19.7 Å². The Morgan fingerprint density at radius 1 is 1.45 bits per heavy atom. The van der Waals surface area contributed by atoms with Gasteiger partial charge >= 0.3 is 0 Å². The van der Waals surface area contributed by atoms with Gasteiger partial charge in [-0.05, 0) is 24.2 Å². The predicted octanol–water partition coefficient (Wildman–Crippen LogP) is 4.05. The van der Waals surface area contributed by atoms with E-state index in [1.165, 1.54) is 11.3 Å². The zero-order valence-electron chi connectivity index (χ0n) is 13.0. The highest BCUT2D eigenvalue weighted by Crippen LogP contribution is 2.38. The van der Waals surface area contributed by atoms with Crippen LogP contribution in [0.3, 0.4) is 0 Å². The molecule has 1 unspecified atom stereocenters. The molecule has 1 atom stereocenters. The van der Waals surface area contributed by atoms with Gasteiger partial charge in [0.2, 0.25) is 0 Å². The van der Waals surface area contributed by atoms with Gasteiger partial charge in [-0.3, -0.25) is 8.82 Å². The predicted molar refractivity (Wildman–Crippen MR) is 89.2 cm³/mol. The summed E-state index contributed by atoms with van der Waals surface area (Å²) >= 11 is 1.26. The SMILES string of the molecule is CCC(=O)c1csc(S(N)(=O)=N[Si](C)(C)C(C)(C)C)c1. The Labute approximate surface area is 127 Å². The number of nitrogens with two attached hydrogens (primary N) is 1. The molecular formula is C13H24N2O2S2Si. The Morgan fingerprint density at radius 3 is 2.45 bits per heavy atom. The first-order chi connectivity index (χ1) is 8.90. The minimum Gasteiger partial charge on any atom is -0.294 e. The zero-order valence-corrected chi connectivity index (χ0v) is 15.7. The van der Waals surface area contributed by atoms with Gasteiger partial charge in [0.1, 0.15) is 14.1 Å². The molecule has 0 fully saturated rings. The molecule has 0 amide bonds. The summed E-state index contributed by atoms with van der Waals surface area (Å²) in [4.78, 5) is 11.6. The summed E-state index contributed by atoms with van der Waals surface area (Å²) in [7, 11) is -5.02. The van der Waals surface area contributed by atoms with Crippen molar-refractivity contribution in [3.05, 3.63) is 17.0 Å². The third-order valence-electron chi connectivity index (χ3n) is 3.71. The van der Waals surface area contributed by atoms with Crippen molar-refractivity contribution < 1.29 is 9.00 Å². The molecule has 0 saturated heterocycles. The normalized spacial score (nSPS) is 15.8. The molecule has 1 heterocycles. The molecule has 0 aliphatic rings. The van der Waals surface area contributed by atoms with Gasteiger partial charge in [0.25, 0.3) is 0 Å². The third kappa shape index (κ3) is 3.78. The van der Waals surface area contributed by atoms with Crippen molar-refractivity contribution in [1.29, 1.82) is 0 Å². The Bertz CT molecular complexity index is 621. The molecular weight excluding hydrogens is 308 g/mol. The first-order valence-electron chi connectivity index (χ1n) is 6.58. The molecule has 114 valence electrons. The Hall–Kier alpha value is -0.503. The Morgan fingerprint density at radius 2 is 2.00 bits per heavy atom. The summed E-state index contributed by atoms with van der Waals surface area (Å²) in [5.41, 5.74) is 0.580. The summed E-state index contributed by atoms with van der Waals surface area (Å²) in [6, 6.07) is 1.63. The number of nitrogens with zero attached hydrogens (tertiary/aromatic N) is 1. The highest BCUT2D eigenvalue weighted by atomic mass is 32.2. The Kier molecular flexibility index (Phi) is 5.01. The van der Waals surface area contributed by atoms with Crippen LogP contribution in [-0.4, -0.2) is 18.2 Å². The van der Waals surface area contributed by atoms with Crippen molar-refractivity contribution in [2.24, 2.45) is 9.17 Å². The van der Waals surface area contributed by atoms with E-state index in [-0.39, 0.29) is 10.8 Å². The number of carbonyl (C=O) groups excluding carboxylic acids is 1. The standard InChI is InChI=1S/C13H24N2O2S2Si/c1-7-11(16)10-8-12(18-9-10)19(14,17)15-20(5,6)13(2,3)4/h8-9H,7H2,1-6H3,(H2,14,15,17). The second-order valence-corrected chi connectivity index (χ2v) is 14.5. The van der Waals surface area contributed by atoms with Gasteiger partial charge in [-0.1, -0.05) is 27.7 Å². The molecule has 0 saturated carbocycles. The van der Waals surface area contributed by atoms with Crippen LogP contribution < -0.4 is 5.14 Å². The maximum absolute atomic E-state index is 12.7. The largest absolute Gasteiger partial charge is 0.294 e. The van der Waals surface area contributed by atoms with Gasteiger partial charge in [-0.25, -0.2) is 9.35 Å². The van der Waals surface area contributed by atoms with Gasteiger partial charge in [-0.15, -0.1) is 11.3 Å². The van der Waals surface area contributed by atoms with Crippen LogP contribution in [-0.2, 0) is 9.92 Å². The molecule has 1 aromatic rings. The molecule has 20 heavy (non-hydrogen) atoms. The topological polar surface area (TPSA) is 72.5 Å². The fourth-order valence-corrected chi connectivity index (χ4v) is 7.47. The maximum atomic E-state index is 12.7. The lowest BCUT2D eigenvalue weighted by molar-refractivity contribution is 0.0988. The van der Waals surface area contributed by atoms with E-state index in [1.807, 2.05) is 0 Å². The quantitative estimate of drug-likeness (QED) is 0.667. The van der Waals surface area contributed by atoms with Gasteiger partial charge in [0.15, 0.2) is 14.0 Å². The number of carbonyl (C=O) groups is 1. The third-order valence-corrected chi connectivity index (χ3v) is 12.7. The van der Waals surface area contributed by atoms with E-state index < -0.39 is 18.2 Å². The van der Waals surface area contributed by atoms with E-state index in [0.29, 0.717) is 16.2 Å². The van der Waals surface area contributed by atoms with E-state index in [1.54, 1.807) is 18.4 Å². The molecule has 0 aliphatic heterocycles. The highest BCUT2D eigenvalue weighted by molar-refractivity contribution is 7.94. The highest BCUT2D eigenvalue weighted by Gasteiger charge is 2.37. The lowest BCUT2D eigenvalue weighted by atomic mass is 10.2. The lowest BCUT2D eigenvalue weighted by Crippen LogP contribution is -2.37. The van der Waals surface area contributed by atoms with Gasteiger partial charge < -0.3 is 0 Å². The van der Waals surface area contributed by atoms with Crippen LogP contribution in [0.4, 0.5) is 0 Å². The summed E-state index contributed by atoms with van der Waals surface area (Å²) in [6.45, 7) is 12.2. The number of Topliss-reactive ketones (excluding diaryl/α,β-unsaturated/α-hetero) is 1. The minimum atomic E-state index is -2.92. The lowest BCUT2D eigenvalue weighted by Gasteiger charge is -2.32. The van der Waals surface area contributed by atoms with Gasteiger partial charge in [0, 0.05) is 17.4 Å². The average Bonchev–Trinajstić information content (AvgIpc) is 2.74. The first-order valence-corrected chi connectivity index (χ1v) is 12.0. The minimum absolute atomic E-state index is 0.0195. The fourth-order valence-electron chi connectivity index (χ4n) is 1.34. The van der Waals surface area contributed by atoms with Crippen molar-refractivity contribution in [2.75, 3.05) is 0 Å². The molecule has 1 aromatic heterocycles.